The second kappa shape index (κ2) is 6.89. The molecule has 19 heavy (non-hydrogen) atoms. The molecule has 0 spiro atoms. The molecule has 0 aromatic rings. The zero-order valence-electron chi connectivity index (χ0n) is 11.6. The van der Waals surface area contributed by atoms with Crippen LogP contribution in [0.3, 0.4) is 0 Å². The number of piperidine rings is 1. The summed E-state index contributed by atoms with van der Waals surface area (Å²) in [5.74, 6) is 0.437. The van der Waals surface area contributed by atoms with Crippen LogP contribution in [0.4, 0.5) is 0 Å². The van der Waals surface area contributed by atoms with Crippen molar-refractivity contribution in [3.05, 3.63) is 0 Å². The Morgan fingerprint density at radius 1 is 1.05 bits per heavy atom. The van der Waals surface area contributed by atoms with Gasteiger partial charge in [0.25, 0.3) is 0 Å². The molecule has 0 aromatic carbocycles. The van der Waals surface area contributed by atoms with Gasteiger partial charge in [0.1, 0.15) is 0 Å². The Balaban J connectivity index is 1.85. The Hall–Kier alpha value is -1.10. The topological polar surface area (TPSA) is 66.6 Å². The molecule has 2 heterocycles. The maximum absolute atomic E-state index is 12.4. The highest BCUT2D eigenvalue weighted by Gasteiger charge is 2.31. The van der Waals surface area contributed by atoms with E-state index in [0.29, 0.717) is 19.5 Å². The smallest absolute Gasteiger partial charge is 0.227 e. The number of nitrogens with two attached hydrogens (primary N) is 1. The van der Waals surface area contributed by atoms with Gasteiger partial charge in [-0.3, -0.25) is 9.59 Å². The van der Waals surface area contributed by atoms with Crippen LogP contribution in [-0.2, 0) is 9.59 Å². The van der Waals surface area contributed by atoms with E-state index >= 15 is 0 Å². The number of amides is 2. The molecule has 2 aliphatic rings. The normalized spacial score (nSPS) is 23.7. The molecule has 2 saturated heterocycles. The van der Waals surface area contributed by atoms with Crippen molar-refractivity contribution < 1.29 is 9.59 Å². The molecule has 2 aliphatic heterocycles. The molecule has 0 saturated carbocycles. The lowest BCUT2D eigenvalue weighted by molar-refractivity contribution is -0.140. The summed E-state index contributed by atoms with van der Waals surface area (Å²) in [6, 6.07) is 0. The lowest BCUT2D eigenvalue weighted by atomic mass is 9.96. The molecule has 2 fully saturated rings. The molecule has 0 bridgehead atoms. The van der Waals surface area contributed by atoms with Crippen molar-refractivity contribution in [3.63, 3.8) is 0 Å². The van der Waals surface area contributed by atoms with Crippen LogP contribution >= 0.6 is 0 Å². The van der Waals surface area contributed by atoms with Crippen molar-refractivity contribution in [1.29, 1.82) is 0 Å². The lowest BCUT2D eigenvalue weighted by Crippen LogP contribution is -2.46. The fourth-order valence-corrected chi connectivity index (χ4v) is 3.01. The maximum atomic E-state index is 12.4. The second-order valence-corrected chi connectivity index (χ2v) is 5.60. The second-order valence-electron chi connectivity index (χ2n) is 5.60. The van der Waals surface area contributed by atoms with Crippen LogP contribution in [0, 0.1) is 5.92 Å². The summed E-state index contributed by atoms with van der Waals surface area (Å²) in [6.07, 6.45) is 5.37. The van der Waals surface area contributed by atoms with Gasteiger partial charge in [0, 0.05) is 32.6 Å². The van der Waals surface area contributed by atoms with Crippen molar-refractivity contribution in [1.82, 2.24) is 9.80 Å². The molecule has 0 aromatic heterocycles. The van der Waals surface area contributed by atoms with E-state index in [1.807, 2.05) is 9.80 Å². The highest BCUT2D eigenvalue weighted by molar-refractivity contribution is 5.81. The number of carbonyl (C=O) groups excluding carboxylic acids is 2. The van der Waals surface area contributed by atoms with Crippen molar-refractivity contribution in [3.8, 4) is 0 Å². The molecule has 1 unspecified atom stereocenters. The number of hydrogen-bond acceptors (Lipinski definition) is 3. The van der Waals surface area contributed by atoms with E-state index in [-0.39, 0.29) is 17.7 Å². The summed E-state index contributed by atoms with van der Waals surface area (Å²) in [5.41, 5.74) is 5.43. The standard InChI is InChI=1S/C14H25N3O2/c15-7-3-6-13(18)17-10-4-5-12(11-17)14(19)16-8-1-2-9-16/h12H,1-11,15H2. The Labute approximate surface area is 115 Å². The summed E-state index contributed by atoms with van der Waals surface area (Å²) >= 11 is 0. The van der Waals surface area contributed by atoms with Gasteiger partial charge >= 0.3 is 0 Å². The number of nitrogens with zero attached hydrogens (tertiary/aromatic N) is 2. The first-order chi connectivity index (χ1) is 9.22. The van der Waals surface area contributed by atoms with Gasteiger partial charge in [-0.2, -0.15) is 0 Å². The Morgan fingerprint density at radius 3 is 2.42 bits per heavy atom. The predicted octanol–water partition coefficient (Wildman–Crippen LogP) is 0.586. The van der Waals surface area contributed by atoms with Crippen LogP contribution in [0.15, 0.2) is 0 Å². The third-order valence-corrected chi connectivity index (χ3v) is 4.14. The average Bonchev–Trinajstić information content (AvgIpc) is 2.98. The fraction of sp³-hybridized carbons (Fsp3) is 0.857. The van der Waals surface area contributed by atoms with E-state index in [0.717, 1.165) is 51.7 Å². The Kier molecular flexibility index (Phi) is 5.19. The minimum atomic E-state index is 0.0219. The lowest BCUT2D eigenvalue weighted by Gasteiger charge is -2.34. The summed E-state index contributed by atoms with van der Waals surface area (Å²) in [4.78, 5) is 28.2. The third kappa shape index (κ3) is 3.69. The van der Waals surface area contributed by atoms with Gasteiger partial charge in [0.05, 0.1) is 5.92 Å². The summed E-state index contributed by atoms with van der Waals surface area (Å²) < 4.78 is 0. The summed E-state index contributed by atoms with van der Waals surface area (Å²) in [6.45, 7) is 3.76. The molecular formula is C14H25N3O2. The van der Waals surface area contributed by atoms with Gasteiger partial charge in [-0.1, -0.05) is 0 Å². The monoisotopic (exact) mass is 267 g/mol. The number of rotatable bonds is 4. The minimum Gasteiger partial charge on any atom is -0.342 e. The minimum absolute atomic E-state index is 0.0219. The van der Waals surface area contributed by atoms with Crippen molar-refractivity contribution >= 4 is 11.8 Å². The first-order valence-corrected chi connectivity index (χ1v) is 7.49. The van der Waals surface area contributed by atoms with E-state index in [1.165, 1.54) is 0 Å². The average molecular weight is 267 g/mol. The number of hydrogen-bond donors (Lipinski definition) is 1. The van der Waals surface area contributed by atoms with E-state index in [1.54, 1.807) is 0 Å². The molecule has 0 radical (unpaired) electrons. The van der Waals surface area contributed by atoms with Gasteiger partial charge in [0.2, 0.25) is 11.8 Å². The molecule has 108 valence electrons. The van der Waals surface area contributed by atoms with Crippen molar-refractivity contribution in [2.75, 3.05) is 32.7 Å². The van der Waals surface area contributed by atoms with Crippen LogP contribution < -0.4 is 5.73 Å². The maximum Gasteiger partial charge on any atom is 0.227 e. The Bertz CT molecular complexity index is 327. The van der Waals surface area contributed by atoms with Gasteiger partial charge in [-0.05, 0) is 38.6 Å². The molecule has 2 amide bonds. The van der Waals surface area contributed by atoms with E-state index in [2.05, 4.69) is 0 Å². The van der Waals surface area contributed by atoms with E-state index < -0.39 is 0 Å². The highest BCUT2D eigenvalue weighted by Crippen LogP contribution is 2.21. The van der Waals surface area contributed by atoms with E-state index in [4.69, 9.17) is 5.73 Å². The van der Waals surface area contributed by atoms with Crippen molar-refractivity contribution in [2.45, 2.75) is 38.5 Å². The highest BCUT2D eigenvalue weighted by atomic mass is 16.2. The first-order valence-electron chi connectivity index (χ1n) is 7.49. The van der Waals surface area contributed by atoms with Gasteiger partial charge in [-0.25, -0.2) is 0 Å². The van der Waals surface area contributed by atoms with Gasteiger partial charge < -0.3 is 15.5 Å². The molecule has 2 rings (SSSR count). The third-order valence-electron chi connectivity index (χ3n) is 4.14. The largest absolute Gasteiger partial charge is 0.342 e. The predicted molar refractivity (Wildman–Crippen MR) is 73.4 cm³/mol. The van der Waals surface area contributed by atoms with Crippen LogP contribution in [0.1, 0.15) is 38.5 Å². The molecule has 5 nitrogen and oxygen atoms in total. The molecular weight excluding hydrogens is 242 g/mol. The Morgan fingerprint density at radius 2 is 1.74 bits per heavy atom. The zero-order valence-corrected chi connectivity index (χ0v) is 11.6. The van der Waals surface area contributed by atoms with Gasteiger partial charge in [-0.15, -0.1) is 0 Å². The van der Waals surface area contributed by atoms with Crippen LogP contribution in [0.25, 0.3) is 0 Å². The number of likely N-dealkylation sites (tertiary alicyclic amines) is 2. The zero-order chi connectivity index (χ0) is 13.7. The van der Waals surface area contributed by atoms with Crippen molar-refractivity contribution in [2.24, 2.45) is 11.7 Å². The number of carbonyl (C=O) groups is 2. The molecule has 0 aliphatic carbocycles. The SMILES string of the molecule is NCCCC(=O)N1CCCC(C(=O)N2CCCC2)C1. The van der Waals surface area contributed by atoms with Crippen LogP contribution in [0.5, 0.6) is 0 Å². The fourth-order valence-electron chi connectivity index (χ4n) is 3.01. The summed E-state index contributed by atoms with van der Waals surface area (Å²) in [7, 11) is 0. The molecule has 1 atom stereocenters. The van der Waals surface area contributed by atoms with Gasteiger partial charge in [0.15, 0.2) is 0 Å². The molecule has 5 heteroatoms. The summed E-state index contributed by atoms with van der Waals surface area (Å²) in [5, 5.41) is 0. The van der Waals surface area contributed by atoms with Crippen LogP contribution in [-0.4, -0.2) is 54.3 Å². The van der Waals surface area contributed by atoms with E-state index in [9.17, 15) is 9.59 Å². The van der Waals surface area contributed by atoms with Crippen LogP contribution in [0.2, 0.25) is 0 Å². The quantitative estimate of drug-likeness (QED) is 0.810. The molecule has 2 N–H and O–H groups in total. The first kappa shape index (κ1) is 14.3.